The zero-order chi connectivity index (χ0) is 24.9. The van der Waals surface area contributed by atoms with E-state index < -0.39 is 0 Å². The maximum Gasteiger partial charge on any atom is 0.276 e. The lowest BCUT2D eigenvalue weighted by molar-refractivity contribution is -0.130. The fraction of sp³-hybridized carbons (Fsp3) is 0.333. The first kappa shape index (κ1) is 24.5. The first-order valence-electron chi connectivity index (χ1n) is 11.7. The predicted molar refractivity (Wildman–Crippen MR) is 136 cm³/mol. The number of nitrogens with one attached hydrogen (secondary N) is 1. The molecule has 1 aromatic carbocycles. The van der Waals surface area contributed by atoms with Gasteiger partial charge in [0.2, 0.25) is 5.91 Å². The summed E-state index contributed by atoms with van der Waals surface area (Å²) in [6, 6.07) is 11.6. The lowest BCUT2D eigenvalue weighted by Gasteiger charge is -2.34. The first-order valence-corrected chi connectivity index (χ1v) is 12.0. The molecule has 1 aliphatic heterocycles. The van der Waals surface area contributed by atoms with E-state index in [9.17, 15) is 9.59 Å². The second-order valence-corrected chi connectivity index (χ2v) is 9.24. The number of rotatable bonds is 4. The van der Waals surface area contributed by atoms with Crippen molar-refractivity contribution in [2.24, 2.45) is 5.92 Å². The van der Waals surface area contributed by atoms with E-state index in [-0.39, 0.29) is 23.8 Å². The topological polar surface area (TPSA) is 80.1 Å². The van der Waals surface area contributed by atoms with Gasteiger partial charge in [0.1, 0.15) is 11.5 Å². The number of amides is 2. The third-order valence-electron chi connectivity index (χ3n) is 6.45. The highest BCUT2D eigenvalue weighted by Crippen LogP contribution is 2.31. The van der Waals surface area contributed by atoms with E-state index in [1.165, 1.54) is 6.20 Å². The van der Waals surface area contributed by atoms with Crippen molar-refractivity contribution in [3.05, 3.63) is 76.2 Å². The Balaban J connectivity index is 1.47. The third-order valence-corrected chi connectivity index (χ3v) is 6.73. The molecule has 0 saturated carbocycles. The van der Waals surface area contributed by atoms with Crippen LogP contribution < -0.4 is 5.32 Å². The van der Waals surface area contributed by atoms with Crippen LogP contribution in [-0.4, -0.2) is 44.6 Å². The fourth-order valence-corrected chi connectivity index (χ4v) is 4.58. The standard InChI is InChI=1S/C27H28ClN5O2/c1-18-15-22(10-9-21-7-5-4-6-8-21)16-29-26(18)31-27(35)25-24(28)17-30-33(25)19(2)23-11-13-32(14-12-23)20(3)34/h4-8,15-17,19,23H,11-14H2,1-3H3,(H,29,31,35)/t19-/m0/s1. The van der Waals surface area contributed by atoms with Crippen molar-refractivity contribution >= 4 is 29.2 Å². The van der Waals surface area contributed by atoms with Crippen LogP contribution in [0.2, 0.25) is 5.02 Å². The molecule has 0 bridgehead atoms. The van der Waals surface area contributed by atoms with Crippen LogP contribution in [0, 0.1) is 24.7 Å². The minimum Gasteiger partial charge on any atom is -0.343 e. The number of nitrogens with zero attached hydrogens (tertiary/aromatic N) is 4. The van der Waals surface area contributed by atoms with Gasteiger partial charge in [0.15, 0.2) is 0 Å². The van der Waals surface area contributed by atoms with Gasteiger partial charge in [-0.3, -0.25) is 14.3 Å². The fourth-order valence-electron chi connectivity index (χ4n) is 4.37. The number of aryl methyl sites for hydroxylation is 1. The monoisotopic (exact) mass is 489 g/mol. The normalized spacial score (nSPS) is 14.7. The van der Waals surface area contributed by atoms with Crippen molar-refractivity contribution in [1.82, 2.24) is 19.7 Å². The summed E-state index contributed by atoms with van der Waals surface area (Å²) in [7, 11) is 0. The van der Waals surface area contributed by atoms with E-state index in [0.29, 0.717) is 29.6 Å². The highest BCUT2D eigenvalue weighted by molar-refractivity contribution is 6.34. The predicted octanol–water partition coefficient (Wildman–Crippen LogP) is 4.71. The summed E-state index contributed by atoms with van der Waals surface area (Å²) in [5, 5.41) is 7.57. The number of anilines is 1. The van der Waals surface area contributed by atoms with Gasteiger partial charge < -0.3 is 10.2 Å². The van der Waals surface area contributed by atoms with Gasteiger partial charge in [-0.1, -0.05) is 41.6 Å². The van der Waals surface area contributed by atoms with Crippen LogP contribution in [-0.2, 0) is 4.79 Å². The van der Waals surface area contributed by atoms with Crippen LogP contribution in [0.15, 0.2) is 48.8 Å². The summed E-state index contributed by atoms with van der Waals surface area (Å²) >= 11 is 6.38. The molecule has 1 N–H and O–H groups in total. The smallest absolute Gasteiger partial charge is 0.276 e. The number of hydrogen-bond donors (Lipinski definition) is 1. The Morgan fingerprint density at radius 1 is 1.11 bits per heavy atom. The van der Waals surface area contributed by atoms with Gasteiger partial charge in [0.05, 0.1) is 17.3 Å². The minimum atomic E-state index is -0.362. The molecule has 7 nitrogen and oxygen atoms in total. The molecule has 0 radical (unpaired) electrons. The average molecular weight is 490 g/mol. The average Bonchev–Trinajstić information content (AvgIpc) is 3.25. The Kier molecular flexibility index (Phi) is 7.52. The molecule has 2 amide bonds. The second kappa shape index (κ2) is 10.7. The molecule has 0 spiro atoms. The van der Waals surface area contributed by atoms with Gasteiger partial charge in [-0.15, -0.1) is 0 Å². The van der Waals surface area contributed by atoms with E-state index in [2.05, 4.69) is 27.2 Å². The molecule has 3 aromatic rings. The number of carbonyl (C=O) groups is 2. The number of aromatic nitrogens is 3. The highest BCUT2D eigenvalue weighted by Gasteiger charge is 2.30. The summed E-state index contributed by atoms with van der Waals surface area (Å²) in [4.78, 5) is 31.1. The SMILES string of the molecule is CC(=O)N1CCC([C@H](C)n2ncc(Cl)c2C(=O)Nc2ncc(C#Cc3ccccc3)cc2C)CC1. The van der Waals surface area contributed by atoms with E-state index in [1.807, 2.05) is 55.1 Å². The molecular formula is C27H28ClN5O2. The van der Waals surface area contributed by atoms with Crippen molar-refractivity contribution in [2.75, 3.05) is 18.4 Å². The maximum atomic E-state index is 13.2. The van der Waals surface area contributed by atoms with Gasteiger partial charge in [-0.2, -0.15) is 5.10 Å². The molecule has 35 heavy (non-hydrogen) atoms. The van der Waals surface area contributed by atoms with Crippen LogP contribution in [0.1, 0.15) is 59.9 Å². The lowest BCUT2D eigenvalue weighted by atomic mass is 9.90. The zero-order valence-electron chi connectivity index (χ0n) is 20.1. The number of halogens is 1. The van der Waals surface area contributed by atoms with Crippen molar-refractivity contribution in [2.45, 2.75) is 39.7 Å². The molecule has 0 unspecified atom stereocenters. The Bertz CT molecular complexity index is 1280. The van der Waals surface area contributed by atoms with Crippen LogP contribution in [0.4, 0.5) is 5.82 Å². The molecule has 8 heteroatoms. The summed E-state index contributed by atoms with van der Waals surface area (Å²) in [6.07, 6.45) is 4.85. The van der Waals surface area contributed by atoms with Crippen molar-refractivity contribution in [3.8, 4) is 11.8 Å². The summed E-state index contributed by atoms with van der Waals surface area (Å²) in [5.74, 6) is 6.69. The van der Waals surface area contributed by atoms with Crippen LogP contribution >= 0.6 is 11.6 Å². The number of likely N-dealkylation sites (tertiary alicyclic amines) is 1. The lowest BCUT2D eigenvalue weighted by Crippen LogP contribution is -2.39. The number of pyridine rings is 1. The molecule has 1 aliphatic rings. The Morgan fingerprint density at radius 2 is 1.80 bits per heavy atom. The molecule has 1 atom stereocenters. The molecule has 180 valence electrons. The van der Waals surface area contributed by atoms with Crippen LogP contribution in [0.5, 0.6) is 0 Å². The molecule has 0 aliphatic carbocycles. The molecule has 1 fully saturated rings. The van der Waals surface area contributed by atoms with E-state index >= 15 is 0 Å². The van der Waals surface area contributed by atoms with Gasteiger partial charge >= 0.3 is 0 Å². The van der Waals surface area contributed by atoms with Gasteiger partial charge in [-0.05, 0) is 56.4 Å². The van der Waals surface area contributed by atoms with Gasteiger partial charge in [0.25, 0.3) is 5.91 Å². The molecule has 1 saturated heterocycles. The molecule has 3 heterocycles. The van der Waals surface area contributed by atoms with Gasteiger partial charge in [0, 0.05) is 37.3 Å². The zero-order valence-corrected chi connectivity index (χ0v) is 20.8. The number of benzene rings is 1. The Hall–Kier alpha value is -3.63. The van der Waals surface area contributed by atoms with Crippen molar-refractivity contribution < 1.29 is 9.59 Å². The first-order chi connectivity index (χ1) is 16.8. The molecule has 4 rings (SSSR count). The highest BCUT2D eigenvalue weighted by atomic mass is 35.5. The Morgan fingerprint density at radius 3 is 2.46 bits per heavy atom. The summed E-state index contributed by atoms with van der Waals surface area (Å²) in [6.45, 7) is 6.93. The summed E-state index contributed by atoms with van der Waals surface area (Å²) in [5.41, 5.74) is 2.79. The largest absolute Gasteiger partial charge is 0.343 e. The van der Waals surface area contributed by atoms with Crippen molar-refractivity contribution in [3.63, 3.8) is 0 Å². The Labute approximate surface area is 210 Å². The third kappa shape index (κ3) is 5.72. The van der Waals surface area contributed by atoms with E-state index in [4.69, 9.17) is 11.6 Å². The minimum absolute atomic E-state index is 0.0398. The van der Waals surface area contributed by atoms with E-state index in [1.54, 1.807) is 17.8 Å². The molecular weight excluding hydrogens is 462 g/mol. The van der Waals surface area contributed by atoms with Crippen LogP contribution in [0.3, 0.4) is 0 Å². The van der Waals surface area contributed by atoms with E-state index in [0.717, 1.165) is 29.5 Å². The second-order valence-electron chi connectivity index (χ2n) is 8.83. The maximum absolute atomic E-state index is 13.2. The van der Waals surface area contributed by atoms with Crippen LogP contribution in [0.25, 0.3) is 0 Å². The molecule has 2 aromatic heterocycles. The quantitative estimate of drug-likeness (QED) is 0.538. The number of piperidine rings is 1. The number of hydrogen-bond acceptors (Lipinski definition) is 4. The van der Waals surface area contributed by atoms with Crippen molar-refractivity contribution in [1.29, 1.82) is 0 Å². The number of carbonyl (C=O) groups excluding carboxylic acids is 2. The van der Waals surface area contributed by atoms with Gasteiger partial charge in [-0.25, -0.2) is 4.98 Å². The summed E-state index contributed by atoms with van der Waals surface area (Å²) < 4.78 is 1.70.